The van der Waals surface area contributed by atoms with Gasteiger partial charge in [0.1, 0.15) is 5.82 Å². The Bertz CT molecular complexity index is 942. The van der Waals surface area contributed by atoms with Crippen molar-refractivity contribution in [1.29, 1.82) is 0 Å². The van der Waals surface area contributed by atoms with Crippen LogP contribution >= 0.6 is 11.6 Å². The summed E-state index contributed by atoms with van der Waals surface area (Å²) in [5, 5.41) is 0.611. The number of allylic oxidation sites excluding steroid dienone is 1. The van der Waals surface area contributed by atoms with E-state index in [2.05, 4.69) is 32.7 Å². The van der Waals surface area contributed by atoms with Crippen LogP contribution < -0.4 is 5.73 Å². The van der Waals surface area contributed by atoms with Gasteiger partial charge in [-0.15, -0.1) is 0 Å². The minimum Gasteiger partial charge on any atom is -0.331 e. The van der Waals surface area contributed by atoms with Crippen molar-refractivity contribution in [2.24, 2.45) is 5.73 Å². The van der Waals surface area contributed by atoms with Gasteiger partial charge >= 0.3 is 0 Å². The Morgan fingerprint density at radius 3 is 2.88 bits per heavy atom. The van der Waals surface area contributed by atoms with Crippen LogP contribution in [-0.4, -0.2) is 14.5 Å². The largest absolute Gasteiger partial charge is 0.331 e. The van der Waals surface area contributed by atoms with Crippen molar-refractivity contribution < 1.29 is 0 Å². The van der Waals surface area contributed by atoms with Crippen LogP contribution in [0.25, 0.3) is 11.6 Å². The van der Waals surface area contributed by atoms with Gasteiger partial charge in [-0.1, -0.05) is 35.9 Å². The minimum atomic E-state index is -0.272. The van der Waals surface area contributed by atoms with Gasteiger partial charge in [0.15, 0.2) is 0 Å². The Balaban J connectivity index is 1.93. The monoisotopic (exact) mass is 336 g/mol. The Labute approximate surface area is 145 Å². The molecule has 4 rings (SSSR count). The Morgan fingerprint density at radius 1 is 1.25 bits per heavy atom. The molecule has 0 spiro atoms. The van der Waals surface area contributed by atoms with E-state index in [9.17, 15) is 0 Å². The first-order chi connectivity index (χ1) is 11.6. The molecule has 2 heterocycles. The topological polar surface area (TPSA) is 56.7 Å². The summed E-state index contributed by atoms with van der Waals surface area (Å²) in [6.45, 7) is 2.69. The van der Waals surface area contributed by atoms with Gasteiger partial charge in [0.2, 0.25) is 0 Å². The molecule has 24 heavy (non-hydrogen) atoms. The zero-order chi connectivity index (χ0) is 16.7. The minimum absolute atomic E-state index is 0.272. The molecule has 0 aliphatic heterocycles. The summed E-state index contributed by atoms with van der Waals surface area (Å²) in [6.07, 6.45) is 7.63. The highest BCUT2D eigenvalue weighted by Gasteiger charge is 2.23. The number of nitrogens with two attached hydrogens (primary N) is 1. The number of halogens is 1. The molecule has 0 bridgehead atoms. The summed E-state index contributed by atoms with van der Waals surface area (Å²) in [6, 6.07) is 9.86. The number of benzene rings is 1. The van der Waals surface area contributed by atoms with Crippen molar-refractivity contribution in [3.63, 3.8) is 0 Å². The fourth-order valence-corrected chi connectivity index (χ4v) is 3.34. The molecule has 2 aromatic heterocycles. The zero-order valence-corrected chi connectivity index (χ0v) is 14.0. The van der Waals surface area contributed by atoms with Crippen LogP contribution in [0.15, 0.2) is 48.9 Å². The first-order valence-electron chi connectivity index (χ1n) is 7.82. The van der Waals surface area contributed by atoms with Gasteiger partial charge in [0.05, 0.1) is 16.8 Å². The first kappa shape index (κ1) is 15.1. The Morgan fingerprint density at radius 2 is 2.08 bits per heavy atom. The van der Waals surface area contributed by atoms with Crippen molar-refractivity contribution in [3.05, 3.63) is 82.2 Å². The maximum absolute atomic E-state index is 6.52. The maximum atomic E-state index is 6.52. The van der Waals surface area contributed by atoms with Gasteiger partial charge in [0, 0.05) is 30.7 Å². The third kappa shape index (κ3) is 2.54. The normalized spacial score (nSPS) is 16.1. The lowest BCUT2D eigenvalue weighted by molar-refractivity contribution is 0.786. The molecule has 1 aliphatic rings. The van der Waals surface area contributed by atoms with E-state index in [4.69, 9.17) is 17.3 Å². The van der Waals surface area contributed by atoms with Crippen molar-refractivity contribution in [1.82, 2.24) is 14.5 Å². The van der Waals surface area contributed by atoms with Gasteiger partial charge in [-0.05, 0) is 35.8 Å². The number of pyridine rings is 1. The van der Waals surface area contributed by atoms with Crippen LogP contribution in [0.1, 0.15) is 34.3 Å². The van der Waals surface area contributed by atoms with Crippen LogP contribution in [0, 0.1) is 6.92 Å². The predicted molar refractivity (Wildman–Crippen MR) is 96.6 cm³/mol. The molecule has 0 saturated carbocycles. The standard InChI is InChI=1S/C19H17ClN4/c1-12-22-6-7-24(12)11-14-8-13-4-2-3-5-16(13)18(21)19-17(14)9-15(20)10-23-19/h2-10,18H,11,21H2,1H3. The molecule has 0 amide bonds. The van der Waals surface area contributed by atoms with Gasteiger partial charge in [-0.25, -0.2) is 4.98 Å². The third-order valence-corrected chi connectivity index (χ3v) is 4.66. The number of hydrogen-bond acceptors (Lipinski definition) is 3. The number of rotatable bonds is 2. The Kier molecular flexibility index (Phi) is 3.71. The van der Waals surface area contributed by atoms with Crippen LogP contribution in [0.2, 0.25) is 5.02 Å². The molecule has 1 atom stereocenters. The molecule has 1 aromatic carbocycles. The second-order valence-corrected chi connectivity index (χ2v) is 6.40. The average Bonchev–Trinajstić information content (AvgIpc) is 2.94. The Hall–Kier alpha value is -2.43. The van der Waals surface area contributed by atoms with E-state index >= 15 is 0 Å². The quantitative estimate of drug-likeness (QED) is 0.773. The number of aromatic nitrogens is 3. The fraction of sp³-hybridized carbons (Fsp3) is 0.158. The molecule has 0 saturated heterocycles. The van der Waals surface area contributed by atoms with E-state index in [-0.39, 0.29) is 6.04 Å². The molecule has 2 N–H and O–H groups in total. The molecular formula is C19H17ClN4. The number of nitrogens with zero attached hydrogens (tertiary/aromatic N) is 3. The van der Waals surface area contributed by atoms with Gasteiger partial charge in [-0.2, -0.15) is 0 Å². The van der Waals surface area contributed by atoms with Crippen molar-refractivity contribution >= 4 is 23.3 Å². The second-order valence-electron chi connectivity index (χ2n) is 5.96. The lowest BCUT2D eigenvalue weighted by Gasteiger charge is -2.16. The highest BCUT2D eigenvalue weighted by atomic mass is 35.5. The molecule has 1 unspecified atom stereocenters. The lowest BCUT2D eigenvalue weighted by atomic mass is 9.98. The summed E-state index contributed by atoms with van der Waals surface area (Å²) in [5.41, 5.74) is 11.7. The SMILES string of the molecule is Cc1nccn1CC1=Cc2ccccc2C(N)c2ncc(Cl)cc21. The van der Waals surface area contributed by atoms with Crippen molar-refractivity contribution in [2.45, 2.75) is 19.5 Å². The number of hydrogen-bond donors (Lipinski definition) is 1. The van der Waals surface area contributed by atoms with Gasteiger partial charge in [0.25, 0.3) is 0 Å². The number of fused-ring (bicyclic) bond motifs is 2. The summed E-state index contributed by atoms with van der Waals surface area (Å²) < 4.78 is 2.11. The van der Waals surface area contributed by atoms with Gasteiger partial charge in [-0.3, -0.25) is 4.98 Å². The second kappa shape index (κ2) is 5.89. The average molecular weight is 337 g/mol. The summed E-state index contributed by atoms with van der Waals surface area (Å²) in [7, 11) is 0. The number of aryl methyl sites for hydroxylation is 1. The first-order valence-corrected chi connectivity index (χ1v) is 8.20. The number of imidazole rings is 1. The summed E-state index contributed by atoms with van der Waals surface area (Å²) in [4.78, 5) is 8.85. The van der Waals surface area contributed by atoms with E-state index in [0.29, 0.717) is 11.6 Å². The van der Waals surface area contributed by atoms with Crippen molar-refractivity contribution in [2.75, 3.05) is 0 Å². The molecule has 0 radical (unpaired) electrons. The maximum Gasteiger partial charge on any atom is 0.105 e. The van der Waals surface area contributed by atoms with Gasteiger partial charge < -0.3 is 10.3 Å². The molecule has 3 aromatic rings. The lowest BCUT2D eigenvalue weighted by Crippen LogP contribution is -2.16. The molecule has 0 fully saturated rings. The summed E-state index contributed by atoms with van der Waals surface area (Å²) >= 11 is 6.22. The van der Waals surface area contributed by atoms with Crippen LogP contribution in [0.5, 0.6) is 0 Å². The van der Waals surface area contributed by atoms with Crippen molar-refractivity contribution in [3.8, 4) is 0 Å². The molecule has 1 aliphatic carbocycles. The molecule has 5 heteroatoms. The van der Waals surface area contributed by atoms with E-state index in [0.717, 1.165) is 33.8 Å². The fourth-order valence-electron chi connectivity index (χ4n) is 3.18. The molecule has 4 nitrogen and oxygen atoms in total. The molecule has 120 valence electrons. The highest BCUT2D eigenvalue weighted by molar-refractivity contribution is 6.30. The van der Waals surface area contributed by atoms with E-state index in [1.165, 1.54) is 0 Å². The van der Waals surface area contributed by atoms with Crippen LogP contribution in [0.3, 0.4) is 0 Å². The molecular weight excluding hydrogens is 320 g/mol. The van der Waals surface area contributed by atoms with E-state index in [1.54, 1.807) is 6.20 Å². The highest BCUT2D eigenvalue weighted by Crippen LogP contribution is 2.35. The smallest absolute Gasteiger partial charge is 0.105 e. The summed E-state index contributed by atoms with van der Waals surface area (Å²) in [5.74, 6) is 0.967. The third-order valence-electron chi connectivity index (χ3n) is 4.45. The zero-order valence-electron chi connectivity index (χ0n) is 13.3. The van der Waals surface area contributed by atoms with E-state index in [1.807, 2.05) is 37.5 Å². The predicted octanol–water partition coefficient (Wildman–Crippen LogP) is 3.84. The van der Waals surface area contributed by atoms with E-state index < -0.39 is 0 Å². The van der Waals surface area contributed by atoms with Crippen LogP contribution in [-0.2, 0) is 6.54 Å². The van der Waals surface area contributed by atoms with Crippen LogP contribution in [0.4, 0.5) is 0 Å².